The van der Waals surface area contributed by atoms with Gasteiger partial charge in [0, 0.05) is 12.3 Å². The van der Waals surface area contributed by atoms with Crippen molar-refractivity contribution in [2.45, 2.75) is 38.6 Å². The number of carbonyl (C=O) groups is 1. The summed E-state index contributed by atoms with van der Waals surface area (Å²) < 4.78 is 51.0. The van der Waals surface area contributed by atoms with E-state index in [2.05, 4.69) is 9.73 Å². The van der Waals surface area contributed by atoms with Gasteiger partial charge in [-0.3, -0.25) is 4.99 Å². The van der Waals surface area contributed by atoms with Crippen molar-refractivity contribution in [2.75, 3.05) is 13.7 Å². The quantitative estimate of drug-likeness (QED) is 0.270. The van der Waals surface area contributed by atoms with Crippen LogP contribution in [0.2, 0.25) is 0 Å². The SMILES string of the molecule is CCOC(=O)/C(C=NC1CCCC1)=C(\O)c1cc(F)c(F)c(OC)c1F. The molecule has 0 atom stereocenters. The van der Waals surface area contributed by atoms with Crippen molar-refractivity contribution < 1.29 is 32.5 Å². The lowest BCUT2D eigenvalue weighted by molar-refractivity contribution is -0.137. The van der Waals surface area contributed by atoms with E-state index in [1.807, 2.05) is 0 Å². The van der Waals surface area contributed by atoms with Crippen molar-refractivity contribution in [1.82, 2.24) is 0 Å². The Balaban J connectivity index is 2.54. The van der Waals surface area contributed by atoms with Gasteiger partial charge in [-0.05, 0) is 25.8 Å². The van der Waals surface area contributed by atoms with Gasteiger partial charge >= 0.3 is 5.97 Å². The molecule has 0 amide bonds. The summed E-state index contributed by atoms with van der Waals surface area (Å²) in [6.45, 7) is 1.57. The van der Waals surface area contributed by atoms with Crippen molar-refractivity contribution >= 4 is 17.9 Å². The van der Waals surface area contributed by atoms with Crippen molar-refractivity contribution in [3.05, 3.63) is 34.7 Å². The van der Waals surface area contributed by atoms with E-state index in [1.165, 1.54) is 0 Å². The first-order valence-electron chi connectivity index (χ1n) is 8.26. The molecule has 0 radical (unpaired) electrons. The maximum Gasteiger partial charge on any atom is 0.343 e. The summed E-state index contributed by atoms with van der Waals surface area (Å²) in [5, 5.41) is 10.4. The Bertz CT molecular complexity index is 740. The zero-order valence-electron chi connectivity index (χ0n) is 14.5. The van der Waals surface area contributed by atoms with Gasteiger partial charge in [-0.15, -0.1) is 0 Å². The number of esters is 1. The van der Waals surface area contributed by atoms with E-state index in [0.717, 1.165) is 39.0 Å². The lowest BCUT2D eigenvalue weighted by Crippen LogP contribution is -2.13. The molecule has 1 aromatic carbocycles. The third kappa shape index (κ3) is 4.17. The first-order chi connectivity index (χ1) is 12.4. The molecule has 26 heavy (non-hydrogen) atoms. The van der Waals surface area contributed by atoms with Gasteiger partial charge in [0.15, 0.2) is 17.4 Å². The van der Waals surface area contributed by atoms with Crippen molar-refractivity contribution in [1.29, 1.82) is 0 Å². The van der Waals surface area contributed by atoms with Crippen molar-refractivity contribution in [2.24, 2.45) is 4.99 Å². The normalized spacial score (nSPS) is 16.0. The maximum atomic E-state index is 14.4. The van der Waals surface area contributed by atoms with Gasteiger partial charge in [-0.2, -0.15) is 4.39 Å². The number of aliphatic hydroxyl groups is 1. The smallest absolute Gasteiger partial charge is 0.343 e. The number of carbonyl (C=O) groups excluding carboxylic acids is 1. The second-order valence-corrected chi connectivity index (χ2v) is 5.77. The Labute approximate surface area is 149 Å². The number of aliphatic hydroxyl groups excluding tert-OH is 1. The van der Waals surface area contributed by atoms with Crippen LogP contribution in [0.3, 0.4) is 0 Å². The van der Waals surface area contributed by atoms with Crippen LogP contribution in [0.5, 0.6) is 5.75 Å². The van der Waals surface area contributed by atoms with E-state index in [-0.39, 0.29) is 12.6 Å². The molecule has 2 rings (SSSR count). The van der Waals surface area contributed by atoms with Crippen LogP contribution >= 0.6 is 0 Å². The minimum atomic E-state index is -1.53. The number of aliphatic imine (C=N–C) groups is 1. The van der Waals surface area contributed by atoms with Gasteiger partial charge in [0.2, 0.25) is 5.82 Å². The van der Waals surface area contributed by atoms with E-state index in [1.54, 1.807) is 6.92 Å². The van der Waals surface area contributed by atoms with Crippen molar-refractivity contribution in [3.8, 4) is 5.75 Å². The average molecular weight is 371 g/mol. The highest BCUT2D eigenvalue weighted by atomic mass is 19.2. The Morgan fingerprint density at radius 3 is 2.54 bits per heavy atom. The lowest BCUT2D eigenvalue weighted by atomic mass is 10.1. The van der Waals surface area contributed by atoms with Gasteiger partial charge in [-0.1, -0.05) is 12.8 Å². The van der Waals surface area contributed by atoms with E-state index < -0.39 is 46.1 Å². The lowest BCUT2D eigenvalue weighted by Gasteiger charge is -2.11. The van der Waals surface area contributed by atoms with Crippen LogP contribution in [0, 0.1) is 17.5 Å². The second-order valence-electron chi connectivity index (χ2n) is 5.77. The monoisotopic (exact) mass is 371 g/mol. The average Bonchev–Trinajstić information content (AvgIpc) is 3.12. The third-order valence-corrected chi connectivity index (χ3v) is 4.06. The molecular formula is C18H20F3NO4. The molecule has 1 aromatic rings. The highest BCUT2D eigenvalue weighted by Crippen LogP contribution is 2.31. The van der Waals surface area contributed by atoms with Crippen LogP contribution in [-0.4, -0.2) is 37.0 Å². The molecule has 8 heteroatoms. The van der Waals surface area contributed by atoms with E-state index in [4.69, 9.17) is 4.74 Å². The van der Waals surface area contributed by atoms with Crippen LogP contribution < -0.4 is 4.74 Å². The summed E-state index contributed by atoms with van der Waals surface area (Å²) in [5.74, 6) is -7.14. The topological polar surface area (TPSA) is 68.1 Å². The van der Waals surface area contributed by atoms with Gasteiger partial charge in [0.25, 0.3) is 0 Å². The zero-order chi connectivity index (χ0) is 19.3. The van der Waals surface area contributed by atoms with Gasteiger partial charge in [0.05, 0.1) is 19.3 Å². The molecule has 1 N–H and O–H groups in total. The van der Waals surface area contributed by atoms with Gasteiger partial charge in [0.1, 0.15) is 11.3 Å². The third-order valence-electron chi connectivity index (χ3n) is 4.06. The van der Waals surface area contributed by atoms with E-state index in [0.29, 0.717) is 6.07 Å². The van der Waals surface area contributed by atoms with Crippen LogP contribution in [0.15, 0.2) is 16.6 Å². The molecule has 1 saturated carbocycles. The minimum Gasteiger partial charge on any atom is -0.506 e. The largest absolute Gasteiger partial charge is 0.506 e. The molecule has 0 aliphatic heterocycles. The Morgan fingerprint density at radius 2 is 1.96 bits per heavy atom. The number of nitrogens with zero attached hydrogens (tertiary/aromatic N) is 1. The maximum absolute atomic E-state index is 14.4. The molecule has 1 aliphatic rings. The summed E-state index contributed by atoms with van der Waals surface area (Å²) in [7, 11) is 0.958. The summed E-state index contributed by atoms with van der Waals surface area (Å²) in [4.78, 5) is 16.3. The number of halogens is 3. The Kier molecular flexibility index (Phi) is 6.65. The summed E-state index contributed by atoms with van der Waals surface area (Å²) in [5.41, 5.74) is -1.16. The molecule has 0 saturated heterocycles. The van der Waals surface area contributed by atoms with E-state index >= 15 is 0 Å². The molecule has 1 fully saturated rings. The number of benzene rings is 1. The molecule has 0 spiro atoms. The van der Waals surface area contributed by atoms with Crippen molar-refractivity contribution in [3.63, 3.8) is 0 Å². The molecule has 0 heterocycles. The number of rotatable bonds is 6. The summed E-state index contributed by atoms with van der Waals surface area (Å²) in [6, 6.07) is 0.432. The fourth-order valence-electron chi connectivity index (χ4n) is 2.73. The number of hydrogen-bond acceptors (Lipinski definition) is 5. The van der Waals surface area contributed by atoms with Gasteiger partial charge in [-0.25, -0.2) is 13.6 Å². The van der Waals surface area contributed by atoms with Crippen LogP contribution in [0.25, 0.3) is 5.76 Å². The minimum absolute atomic E-state index is 0.0104. The molecule has 0 unspecified atom stereocenters. The summed E-state index contributed by atoms with van der Waals surface area (Å²) in [6.07, 6.45) is 4.76. The second kappa shape index (κ2) is 8.73. The fraction of sp³-hybridized carbons (Fsp3) is 0.444. The predicted molar refractivity (Wildman–Crippen MR) is 89.8 cm³/mol. The van der Waals surface area contributed by atoms with Crippen LogP contribution in [0.1, 0.15) is 38.2 Å². The fourth-order valence-corrected chi connectivity index (χ4v) is 2.73. The first-order valence-corrected chi connectivity index (χ1v) is 8.26. The molecule has 1 aliphatic carbocycles. The number of hydrogen-bond donors (Lipinski definition) is 1. The van der Waals surface area contributed by atoms with Crippen LogP contribution in [-0.2, 0) is 9.53 Å². The first kappa shape index (κ1) is 19.8. The zero-order valence-corrected chi connectivity index (χ0v) is 14.5. The predicted octanol–water partition coefficient (Wildman–Crippen LogP) is 3.96. The molecule has 0 bridgehead atoms. The molecule has 5 nitrogen and oxygen atoms in total. The standard InChI is InChI=1S/C18H20F3NO4/c1-3-26-18(24)12(9-22-10-6-4-5-7-10)16(23)11-8-13(19)15(21)17(25-2)14(11)20/h8-10,23H,3-7H2,1-2H3/b16-12-,22-9?. The number of methoxy groups -OCH3 is 1. The van der Waals surface area contributed by atoms with E-state index in [9.17, 15) is 23.1 Å². The van der Waals surface area contributed by atoms with Gasteiger partial charge < -0.3 is 14.6 Å². The van der Waals surface area contributed by atoms with Crippen LogP contribution in [0.4, 0.5) is 13.2 Å². The molecule has 0 aromatic heterocycles. The Morgan fingerprint density at radius 1 is 1.31 bits per heavy atom. The highest BCUT2D eigenvalue weighted by Gasteiger charge is 2.26. The Hall–Kier alpha value is -2.51. The molecular weight excluding hydrogens is 351 g/mol. The highest BCUT2D eigenvalue weighted by molar-refractivity contribution is 6.15. The summed E-state index contributed by atoms with van der Waals surface area (Å²) >= 11 is 0. The number of ether oxygens (including phenoxy) is 2. The molecule has 142 valence electrons.